The Kier molecular flexibility index (Phi) is 6.91. The number of anilines is 1. The van der Waals surface area contributed by atoms with Crippen LogP contribution in [0.2, 0.25) is 0 Å². The molecule has 0 fully saturated rings. The topological polar surface area (TPSA) is 95.9 Å². The molecule has 7 nitrogen and oxygen atoms in total. The molecule has 25 heavy (non-hydrogen) atoms. The summed E-state index contributed by atoms with van der Waals surface area (Å²) in [6, 6.07) is 10.7. The lowest BCUT2D eigenvalue weighted by Gasteiger charge is -2.17. The Morgan fingerprint density at radius 2 is 1.80 bits per heavy atom. The average Bonchev–Trinajstić information content (AvgIpc) is 2.56. The van der Waals surface area contributed by atoms with Crippen LogP contribution < -0.4 is 9.62 Å². The highest BCUT2D eigenvalue weighted by molar-refractivity contribution is 7.89. The first-order valence-corrected chi connectivity index (χ1v) is 10.4. The van der Waals surface area contributed by atoms with E-state index in [0.717, 1.165) is 11.1 Å². The first kappa shape index (κ1) is 19.8. The van der Waals surface area contributed by atoms with Crippen molar-refractivity contribution >= 4 is 37.6 Å². The van der Waals surface area contributed by atoms with Gasteiger partial charge in [-0.1, -0.05) is 24.3 Å². The first-order valence-electron chi connectivity index (χ1n) is 7.67. The van der Waals surface area contributed by atoms with Gasteiger partial charge in [0.25, 0.3) is 0 Å². The van der Waals surface area contributed by atoms with Crippen molar-refractivity contribution in [1.29, 1.82) is 0 Å². The third-order valence-corrected chi connectivity index (χ3v) is 5.61. The summed E-state index contributed by atoms with van der Waals surface area (Å²) in [4.78, 5) is 2.15. The molecule has 0 aliphatic carbocycles. The zero-order valence-corrected chi connectivity index (χ0v) is 15.8. The minimum atomic E-state index is -3.69. The standard InChI is InChI=1S/C16H22N2O5S2/c1-18(2)15-7-3-6-14-13(15)5-4-8-16(14)25(21,22)17-9-10-23-11-12-24(19)20/h3-8,17H,9-12H2,1-2H3,(H,19,20). The van der Waals surface area contributed by atoms with Gasteiger partial charge in [0, 0.05) is 37.1 Å². The van der Waals surface area contributed by atoms with E-state index in [0.29, 0.717) is 5.39 Å². The van der Waals surface area contributed by atoms with Crippen molar-refractivity contribution in [2.45, 2.75) is 4.90 Å². The first-order chi connectivity index (χ1) is 11.8. The number of benzene rings is 2. The second kappa shape index (κ2) is 8.72. The monoisotopic (exact) mass is 386 g/mol. The van der Waals surface area contributed by atoms with E-state index in [2.05, 4.69) is 4.72 Å². The highest BCUT2D eigenvalue weighted by Crippen LogP contribution is 2.29. The number of rotatable bonds is 9. The van der Waals surface area contributed by atoms with Crippen molar-refractivity contribution in [3.05, 3.63) is 36.4 Å². The molecular formula is C16H22N2O5S2. The van der Waals surface area contributed by atoms with Crippen molar-refractivity contribution in [1.82, 2.24) is 4.72 Å². The molecule has 2 N–H and O–H groups in total. The largest absolute Gasteiger partial charge is 0.379 e. The number of fused-ring (bicyclic) bond motifs is 1. The number of sulfonamides is 1. The third-order valence-electron chi connectivity index (χ3n) is 3.57. The van der Waals surface area contributed by atoms with Crippen molar-refractivity contribution in [3.63, 3.8) is 0 Å². The summed E-state index contributed by atoms with van der Waals surface area (Å²) in [5.41, 5.74) is 0.940. The Morgan fingerprint density at radius 1 is 1.12 bits per heavy atom. The van der Waals surface area contributed by atoms with Crippen LogP contribution in [0.25, 0.3) is 10.8 Å². The van der Waals surface area contributed by atoms with Crippen LogP contribution in [0.5, 0.6) is 0 Å². The molecule has 0 saturated heterocycles. The van der Waals surface area contributed by atoms with Gasteiger partial charge in [-0.25, -0.2) is 17.3 Å². The fourth-order valence-corrected chi connectivity index (χ4v) is 3.94. The van der Waals surface area contributed by atoms with Gasteiger partial charge in [-0.15, -0.1) is 0 Å². The molecule has 2 aromatic rings. The third kappa shape index (κ3) is 5.23. The van der Waals surface area contributed by atoms with Gasteiger partial charge in [-0.2, -0.15) is 0 Å². The molecule has 0 aliphatic rings. The van der Waals surface area contributed by atoms with E-state index in [1.165, 1.54) is 0 Å². The fourth-order valence-electron chi connectivity index (χ4n) is 2.45. The summed E-state index contributed by atoms with van der Waals surface area (Å²) >= 11 is -1.91. The van der Waals surface area contributed by atoms with Gasteiger partial charge in [-0.05, 0) is 12.1 Å². The second-order valence-electron chi connectivity index (χ2n) is 5.56. The summed E-state index contributed by atoms with van der Waals surface area (Å²) in [7, 11) is 0.125. The Morgan fingerprint density at radius 3 is 2.48 bits per heavy atom. The minimum Gasteiger partial charge on any atom is -0.379 e. The molecule has 0 aliphatic heterocycles. The van der Waals surface area contributed by atoms with Crippen LogP contribution in [0.3, 0.4) is 0 Å². The predicted octanol–water partition coefficient (Wildman–Crippen LogP) is 1.42. The summed E-state index contributed by atoms with van der Waals surface area (Å²) in [5.74, 6) is 0.00336. The van der Waals surface area contributed by atoms with Gasteiger partial charge in [0.2, 0.25) is 10.0 Å². The molecule has 0 saturated carbocycles. The highest BCUT2D eigenvalue weighted by atomic mass is 32.2. The smallest absolute Gasteiger partial charge is 0.241 e. The van der Waals surface area contributed by atoms with Crippen molar-refractivity contribution in [3.8, 4) is 0 Å². The van der Waals surface area contributed by atoms with E-state index in [9.17, 15) is 12.6 Å². The molecule has 1 unspecified atom stereocenters. The zero-order valence-electron chi connectivity index (χ0n) is 14.1. The van der Waals surface area contributed by atoms with Gasteiger partial charge in [0.05, 0.1) is 23.9 Å². The molecule has 1 atom stereocenters. The normalized spacial score (nSPS) is 13.1. The summed E-state index contributed by atoms with van der Waals surface area (Å²) < 4.78 is 51.9. The van der Waals surface area contributed by atoms with Crippen LogP contribution in [0, 0.1) is 0 Å². The number of hydrogen-bond donors (Lipinski definition) is 2. The molecule has 0 heterocycles. The molecule has 0 spiro atoms. The van der Waals surface area contributed by atoms with E-state index in [1.807, 2.05) is 37.2 Å². The lowest BCUT2D eigenvalue weighted by Crippen LogP contribution is -2.28. The van der Waals surface area contributed by atoms with Crippen LogP contribution >= 0.6 is 0 Å². The van der Waals surface area contributed by atoms with Gasteiger partial charge < -0.3 is 14.2 Å². The fraction of sp³-hybridized carbons (Fsp3) is 0.375. The van der Waals surface area contributed by atoms with Gasteiger partial charge in [-0.3, -0.25) is 0 Å². The second-order valence-corrected chi connectivity index (χ2v) is 8.35. The maximum Gasteiger partial charge on any atom is 0.241 e. The maximum absolute atomic E-state index is 12.6. The molecule has 2 aromatic carbocycles. The van der Waals surface area contributed by atoms with Crippen molar-refractivity contribution in [2.75, 3.05) is 44.5 Å². The Balaban J connectivity index is 2.14. The SMILES string of the molecule is CN(C)c1cccc2c(S(=O)(=O)NCCOCCS(=O)O)cccc12. The number of hydrogen-bond acceptors (Lipinski definition) is 5. The van der Waals surface area contributed by atoms with Crippen LogP contribution in [-0.4, -0.2) is 56.8 Å². The van der Waals surface area contributed by atoms with Crippen LogP contribution in [0.4, 0.5) is 5.69 Å². The Hall–Kier alpha value is -1.52. The van der Waals surface area contributed by atoms with Crippen LogP contribution in [0.1, 0.15) is 0 Å². The van der Waals surface area contributed by atoms with Crippen LogP contribution in [0.15, 0.2) is 41.3 Å². The quantitative estimate of drug-likeness (QED) is 0.500. The predicted molar refractivity (Wildman–Crippen MR) is 99.9 cm³/mol. The Bertz CT molecular complexity index is 853. The van der Waals surface area contributed by atoms with Crippen molar-refractivity contribution in [2.24, 2.45) is 0 Å². The maximum atomic E-state index is 12.6. The van der Waals surface area contributed by atoms with E-state index in [-0.39, 0.29) is 30.4 Å². The lowest BCUT2D eigenvalue weighted by molar-refractivity contribution is 0.154. The van der Waals surface area contributed by atoms with Crippen LogP contribution in [-0.2, 0) is 25.8 Å². The highest BCUT2D eigenvalue weighted by Gasteiger charge is 2.18. The number of nitrogens with one attached hydrogen (secondary N) is 1. The molecule has 2 rings (SSSR count). The number of ether oxygens (including phenoxy) is 1. The van der Waals surface area contributed by atoms with Crippen molar-refractivity contribution < 1.29 is 21.9 Å². The van der Waals surface area contributed by atoms with Gasteiger partial charge in [0.1, 0.15) is 0 Å². The van der Waals surface area contributed by atoms with Gasteiger partial charge >= 0.3 is 0 Å². The Labute approximate surface area is 150 Å². The molecular weight excluding hydrogens is 364 g/mol. The van der Waals surface area contributed by atoms with E-state index in [1.54, 1.807) is 18.2 Å². The summed E-state index contributed by atoms with van der Waals surface area (Å²) in [6.45, 7) is 0.319. The van der Waals surface area contributed by atoms with E-state index >= 15 is 0 Å². The summed E-state index contributed by atoms with van der Waals surface area (Å²) in [6.07, 6.45) is 0. The zero-order chi connectivity index (χ0) is 18.4. The van der Waals surface area contributed by atoms with E-state index in [4.69, 9.17) is 9.29 Å². The molecule has 0 bridgehead atoms. The minimum absolute atomic E-state index is 0.00336. The average molecular weight is 386 g/mol. The van der Waals surface area contributed by atoms with Gasteiger partial charge in [0.15, 0.2) is 11.1 Å². The molecule has 0 amide bonds. The number of nitrogens with zero attached hydrogens (tertiary/aromatic N) is 1. The molecule has 9 heteroatoms. The molecule has 0 radical (unpaired) electrons. The summed E-state index contributed by atoms with van der Waals surface area (Å²) in [5, 5.41) is 1.51. The molecule has 138 valence electrons. The lowest BCUT2D eigenvalue weighted by atomic mass is 10.1. The molecule has 0 aromatic heterocycles. The van der Waals surface area contributed by atoms with E-state index < -0.39 is 21.1 Å².